The Labute approximate surface area is 120 Å². The Morgan fingerprint density at radius 2 is 1.35 bits per heavy atom. The van der Waals surface area contributed by atoms with Crippen LogP contribution in [0.4, 0.5) is 16.2 Å². The van der Waals surface area contributed by atoms with Crippen LogP contribution < -0.4 is 27.9 Å². The van der Waals surface area contributed by atoms with Crippen molar-refractivity contribution in [1.82, 2.24) is 10.9 Å². The molecular formula is C13H15N5OS. The van der Waals surface area contributed by atoms with Gasteiger partial charge in [-0.1, -0.05) is 36.0 Å². The summed E-state index contributed by atoms with van der Waals surface area (Å²) in [4.78, 5) is 12.3. The number of benzene rings is 2. The van der Waals surface area contributed by atoms with Crippen LogP contribution >= 0.6 is 11.8 Å². The Morgan fingerprint density at radius 1 is 0.900 bits per heavy atom. The molecule has 7 N–H and O–H groups in total. The minimum atomic E-state index is -0.602. The predicted octanol–water partition coefficient (Wildman–Crippen LogP) is 1.93. The fourth-order valence-corrected chi connectivity index (χ4v) is 2.61. The number of nitrogens with two attached hydrogens (primary N) is 2. The van der Waals surface area contributed by atoms with Crippen LogP contribution in [0.15, 0.2) is 58.3 Å². The number of fused-ring (bicyclic) bond motifs is 2. The molecule has 7 heteroatoms. The number of carbonyl (C=O) groups excluding carboxylic acids is 1. The summed E-state index contributed by atoms with van der Waals surface area (Å²) in [6.07, 6.45) is 0. The zero-order valence-corrected chi connectivity index (χ0v) is 11.4. The normalized spacial score (nSPS) is 10.9. The summed E-state index contributed by atoms with van der Waals surface area (Å²) in [7, 11) is 0. The number of hydrogen-bond acceptors (Lipinski definition) is 5. The van der Waals surface area contributed by atoms with Gasteiger partial charge in [0.15, 0.2) is 0 Å². The Bertz CT molecular complexity index is 511. The third kappa shape index (κ3) is 3.41. The van der Waals surface area contributed by atoms with Crippen molar-refractivity contribution in [1.29, 1.82) is 0 Å². The second-order valence-corrected chi connectivity index (χ2v) is 4.92. The maximum atomic E-state index is 9.71. The second-order valence-electron chi connectivity index (χ2n) is 3.84. The number of nitrogens with one attached hydrogen (secondary N) is 3. The van der Waals surface area contributed by atoms with E-state index in [1.54, 1.807) is 10.9 Å². The largest absolute Gasteiger partial charge is 0.354 e. The minimum absolute atomic E-state index is 0.602. The molecule has 2 aromatic rings. The van der Waals surface area contributed by atoms with Crippen molar-refractivity contribution in [3.8, 4) is 0 Å². The predicted molar refractivity (Wildman–Crippen MR) is 80.3 cm³/mol. The average Bonchev–Trinajstić information content (AvgIpc) is 2.52. The highest BCUT2D eigenvalue weighted by Crippen LogP contribution is 2.43. The Hall–Kier alpha value is -2.22. The van der Waals surface area contributed by atoms with Gasteiger partial charge >= 0.3 is 6.03 Å². The molecule has 1 aliphatic rings. The Kier molecular flexibility index (Phi) is 4.83. The first-order chi connectivity index (χ1) is 9.74. The lowest BCUT2D eigenvalue weighted by Gasteiger charge is -2.19. The minimum Gasteiger partial charge on any atom is -0.354 e. The molecule has 0 spiro atoms. The number of urea groups is 1. The van der Waals surface area contributed by atoms with E-state index in [1.165, 1.54) is 21.2 Å². The van der Waals surface area contributed by atoms with E-state index >= 15 is 0 Å². The van der Waals surface area contributed by atoms with Gasteiger partial charge in [0.1, 0.15) is 0 Å². The number of anilines is 2. The molecule has 0 saturated carbocycles. The lowest BCUT2D eigenvalue weighted by atomic mass is 10.2. The summed E-state index contributed by atoms with van der Waals surface area (Å²) in [5, 5.41) is 3.42. The van der Waals surface area contributed by atoms with E-state index in [0.29, 0.717) is 0 Å². The van der Waals surface area contributed by atoms with Gasteiger partial charge < -0.3 is 5.32 Å². The lowest BCUT2D eigenvalue weighted by Crippen LogP contribution is -2.43. The van der Waals surface area contributed by atoms with E-state index < -0.39 is 6.03 Å². The molecule has 0 saturated heterocycles. The standard InChI is InChI=1S/C12H9NS.CH6N4O/c1-3-7-11-9(5-1)13-10-6-2-4-8-12(10)14-11;2-4-1(6)5-3/h1-8,13H;2-3H2,(H2,4,5,6). The first kappa shape index (κ1) is 14.2. The number of amides is 2. The van der Waals surface area contributed by atoms with Crippen LogP contribution in [-0.2, 0) is 0 Å². The van der Waals surface area contributed by atoms with Crippen molar-refractivity contribution in [3.05, 3.63) is 48.5 Å². The van der Waals surface area contributed by atoms with Crippen LogP contribution in [0.1, 0.15) is 0 Å². The molecule has 0 atom stereocenters. The average molecular weight is 289 g/mol. The Morgan fingerprint density at radius 3 is 1.75 bits per heavy atom. The van der Waals surface area contributed by atoms with Crippen molar-refractivity contribution < 1.29 is 4.79 Å². The van der Waals surface area contributed by atoms with Crippen LogP contribution in [0.2, 0.25) is 0 Å². The van der Waals surface area contributed by atoms with E-state index in [9.17, 15) is 4.79 Å². The smallest absolute Gasteiger partial charge is 0.343 e. The third-order valence-electron chi connectivity index (χ3n) is 2.53. The Balaban J connectivity index is 0.000000212. The van der Waals surface area contributed by atoms with Crippen molar-refractivity contribution in [2.45, 2.75) is 9.79 Å². The molecule has 2 amide bonds. The van der Waals surface area contributed by atoms with Crippen molar-refractivity contribution in [3.63, 3.8) is 0 Å². The highest BCUT2D eigenvalue weighted by atomic mass is 32.2. The van der Waals surface area contributed by atoms with Gasteiger partial charge in [-0.3, -0.25) is 10.9 Å². The molecule has 0 bridgehead atoms. The van der Waals surface area contributed by atoms with Gasteiger partial charge in [0.25, 0.3) is 0 Å². The monoisotopic (exact) mass is 289 g/mol. The number of rotatable bonds is 0. The molecule has 0 aromatic heterocycles. The van der Waals surface area contributed by atoms with Crippen LogP contribution in [0, 0.1) is 0 Å². The van der Waals surface area contributed by atoms with Crippen LogP contribution in [0.5, 0.6) is 0 Å². The van der Waals surface area contributed by atoms with Crippen molar-refractivity contribution in [2.75, 3.05) is 5.32 Å². The first-order valence-electron chi connectivity index (χ1n) is 5.84. The zero-order valence-electron chi connectivity index (χ0n) is 10.6. The molecule has 0 fully saturated rings. The van der Waals surface area contributed by atoms with E-state index in [1.807, 2.05) is 11.8 Å². The van der Waals surface area contributed by atoms with Gasteiger partial charge in [0.2, 0.25) is 0 Å². The summed E-state index contributed by atoms with van der Waals surface area (Å²) in [5.74, 6) is 9.08. The summed E-state index contributed by atoms with van der Waals surface area (Å²) >= 11 is 1.82. The molecule has 0 radical (unpaired) electrons. The summed E-state index contributed by atoms with van der Waals surface area (Å²) in [6, 6.07) is 16.2. The van der Waals surface area contributed by atoms with E-state index in [0.717, 1.165) is 0 Å². The molecular weight excluding hydrogens is 274 g/mol. The van der Waals surface area contributed by atoms with Crippen LogP contribution in [0.25, 0.3) is 0 Å². The maximum Gasteiger partial charge on any atom is 0.343 e. The number of hydrogen-bond donors (Lipinski definition) is 5. The third-order valence-corrected chi connectivity index (χ3v) is 3.68. The molecule has 0 aliphatic carbocycles. The molecule has 104 valence electrons. The summed E-state index contributed by atoms with van der Waals surface area (Å²) in [5.41, 5.74) is 5.89. The first-order valence-corrected chi connectivity index (χ1v) is 6.66. The van der Waals surface area contributed by atoms with Crippen LogP contribution in [-0.4, -0.2) is 6.03 Å². The van der Waals surface area contributed by atoms with Crippen molar-refractivity contribution >= 4 is 29.2 Å². The van der Waals surface area contributed by atoms with Gasteiger partial charge in [0.05, 0.1) is 11.4 Å². The number of hydrazine groups is 2. The number of para-hydroxylation sites is 2. The van der Waals surface area contributed by atoms with Gasteiger partial charge in [-0.25, -0.2) is 16.5 Å². The van der Waals surface area contributed by atoms with Gasteiger partial charge in [0, 0.05) is 9.79 Å². The molecule has 1 heterocycles. The molecule has 0 unspecified atom stereocenters. The van der Waals surface area contributed by atoms with Crippen molar-refractivity contribution in [2.24, 2.45) is 11.7 Å². The highest BCUT2D eigenvalue weighted by Gasteiger charge is 2.13. The summed E-state index contributed by atoms with van der Waals surface area (Å²) in [6.45, 7) is 0. The molecule has 1 aliphatic heterocycles. The fourth-order valence-electron chi connectivity index (χ4n) is 1.62. The van der Waals surface area contributed by atoms with Gasteiger partial charge in [-0.2, -0.15) is 0 Å². The molecule has 3 rings (SSSR count). The number of carbonyl (C=O) groups is 1. The molecule has 6 nitrogen and oxygen atoms in total. The fraction of sp³-hybridized carbons (Fsp3) is 0. The van der Waals surface area contributed by atoms with Gasteiger partial charge in [-0.05, 0) is 24.3 Å². The molecule has 20 heavy (non-hydrogen) atoms. The highest BCUT2D eigenvalue weighted by molar-refractivity contribution is 7.99. The SMILES string of the molecule is NNC(=O)NN.c1ccc2c(c1)Nc1ccccc1S2. The quantitative estimate of drug-likeness (QED) is 0.247. The molecule has 2 aromatic carbocycles. The van der Waals surface area contributed by atoms with Gasteiger partial charge in [-0.15, -0.1) is 0 Å². The second kappa shape index (κ2) is 6.80. The topological polar surface area (TPSA) is 105 Å². The lowest BCUT2D eigenvalue weighted by molar-refractivity contribution is 0.241. The van der Waals surface area contributed by atoms with Crippen LogP contribution in [0.3, 0.4) is 0 Å². The van der Waals surface area contributed by atoms with E-state index in [-0.39, 0.29) is 0 Å². The van der Waals surface area contributed by atoms with E-state index in [4.69, 9.17) is 0 Å². The maximum absolute atomic E-state index is 9.71. The summed E-state index contributed by atoms with van der Waals surface area (Å²) < 4.78 is 0. The zero-order chi connectivity index (χ0) is 14.4. The van der Waals surface area contributed by atoms with E-state index in [2.05, 4.69) is 65.5 Å².